The number of ether oxygens (including phenoxy) is 1. The summed E-state index contributed by atoms with van der Waals surface area (Å²) in [6.07, 6.45) is 4.10. The Morgan fingerprint density at radius 3 is 2.48 bits per heavy atom. The van der Waals surface area contributed by atoms with E-state index in [1.807, 2.05) is 26.0 Å². The van der Waals surface area contributed by atoms with E-state index >= 15 is 0 Å². The second kappa shape index (κ2) is 9.40. The fourth-order valence-electron chi connectivity index (χ4n) is 2.14. The number of aryl methyl sites for hydroxylation is 1. The van der Waals surface area contributed by atoms with E-state index in [4.69, 9.17) is 10.5 Å². The quantitative estimate of drug-likeness (QED) is 0.697. The van der Waals surface area contributed by atoms with Crippen LogP contribution < -0.4 is 15.8 Å². The molecule has 0 aliphatic heterocycles. The fraction of sp³-hybridized carbons (Fsp3) is 0.588. The maximum atomic E-state index is 11.3. The normalized spacial score (nSPS) is 12.4. The van der Waals surface area contributed by atoms with Gasteiger partial charge in [0, 0.05) is 12.5 Å². The first kappa shape index (κ1) is 17.5. The Hall–Kier alpha value is -1.55. The van der Waals surface area contributed by atoms with Crippen molar-refractivity contribution < 1.29 is 9.53 Å². The standard InChI is InChI=1S/C17H28N2O2/c1-4-5-6-14-7-9-15(10-8-14)21-12-11-16(17(18)20)19-13(2)3/h7-10,13,16,19H,4-6,11-12H2,1-3H3,(H2,18,20). The van der Waals surface area contributed by atoms with Crippen molar-refractivity contribution in [1.29, 1.82) is 0 Å². The molecule has 0 bridgehead atoms. The van der Waals surface area contributed by atoms with Crippen LogP contribution in [-0.4, -0.2) is 24.6 Å². The second-order valence-corrected chi connectivity index (χ2v) is 5.66. The largest absolute Gasteiger partial charge is 0.494 e. The lowest BCUT2D eigenvalue weighted by molar-refractivity contribution is -0.120. The zero-order chi connectivity index (χ0) is 15.7. The minimum absolute atomic E-state index is 0.223. The number of amides is 1. The number of primary amides is 1. The molecular formula is C17H28N2O2. The summed E-state index contributed by atoms with van der Waals surface area (Å²) in [5.41, 5.74) is 6.71. The van der Waals surface area contributed by atoms with Crippen molar-refractivity contribution in [1.82, 2.24) is 5.32 Å². The number of unbranched alkanes of at least 4 members (excludes halogenated alkanes) is 1. The van der Waals surface area contributed by atoms with Crippen LogP contribution in [0.5, 0.6) is 5.75 Å². The summed E-state index contributed by atoms with van der Waals surface area (Å²) in [4.78, 5) is 11.3. The van der Waals surface area contributed by atoms with Crippen molar-refractivity contribution in [2.75, 3.05) is 6.61 Å². The Morgan fingerprint density at radius 1 is 1.29 bits per heavy atom. The first-order valence-electron chi connectivity index (χ1n) is 7.80. The first-order valence-corrected chi connectivity index (χ1v) is 7.80. The van der Waals surface area contributed by atoms with Gasteiger partial charge in [0.1, 0.15) is 5.75 Å². The van der Waals surface area contributed by atoms with Gasteiger partial charge in [0.25, 0.3) is 0 Å². The van der Waals surface area contributed by atoms with Crippen LogP contribution >= 0.6 is 0 Å². The summed E-state index contributed by atoms with van der Waals surface area (Å²) in [5, 5.41) is 3.14. The molecule has 1 unspecified atom stereocenters. The maximum Gasteiger partial charge on any atom is 0.234 e. The van der Waals surface area contributed by atoms with E-state index in [0.29, 0.717) is 13.0 Å². The lowest BCUT2D eigenvalue weighted by Gasteiger charge is -2.18. The van der Waals surface area contributed by atoms with E-state index in [0.717, 1.165) is 12.2 Å². The second-order valence-electron chi connectivity index (χ2n) is 5.66. The van der Waals surface area contributed by atoms with Crippen LogP contribution in [0.2, 0.25) is 0 Å². The molecule has 1 atom stereocenters. The summed E-state index contributed by atoms with van der Waals surface area (Å²) in [5.74, 6) is 0.505. The lowest BCUT2D eigenvalue weighted by atomic mass is 10.1. The van der Waals surface area contributed by atoms with Gasteiger partial charge in [-0.1, -0.05) is 39.3 Å². The maximum absolute atomic E-state index is 11.3. The molecule has 0 radical (unpaired) electrons. The van der Waals surface area contributed by atoms with Crippen molar-refractivity contribution in [2.24, 2.45) is 5.73 Å². The summed E-state index contributed by atoms with van der Waals surface area (Å²) >= 11 is 0. The average Bonchev–Trinajstić information content (AvgIpc) is 2.44. The van der Waals surface area contributed by atoms with Crippen LogP contribution in [0.1, 0.15) is 45.6 Å². The van der Waals surface area contributed by atoms with Gasteiger partial charge in [-0.15, -0.1) is 0 Å². The SMILES string of the molecule is CCCCc1ccc(OCCC(NC(C)C)C(N)=O)cc1. The Labute approximate surface area is 128 Å². The highest BCUT2D eigenvalue weighted by Gasteiger charge is 2.15. The van der Waals surface area contributed by atoms with Crippen LogP contribution in [-0.2, 0) is 11.2 Å². The topological polar surface area (TPSA) is 64.3 Å². The average molecular weight is 292 g/mol. The molecular weight excluding hydrogens is 264 g/mol. The molecule has 1 rings (SSSR count). The van der Waals surface area contributed by atoms with Crippen molar-refractivity contribution in [3.63, 3.8) is 0 Å². The third-order valence-corrected chi connectivity index (χ3v) is 3.30. The van der Waals surface area contributed by atoms with Crippen molar-refractivity contribution >= 4 is 5.91 Å². The number of carbonyl (C=O) groups excluding carboxylic acids is 1. The van der Waals surface area contributed by atoms with Gasteiger partial charge in [0.2, 0.25) is 5.91 Å². The molecule has 4 heteroatoms. The fourth-order valence-corrected chi connectivity index (χ4v) is 2.14. The number of benzene rings is 1. The minimum Gasteiger partial charge on any atom is -0.494 e. The van der Waals surface area contributed by atoms with Crippen LogP contribution in [0, 0.1) is 0 Å². The molecule has 4 nitrogen and oxygen atoms in total. The number of nitrogens with two attached hydrogens (primary N) is 1. The number of hydrogen-bond donors (Lipinski definition) is 2. The van der Waals surface area contributed by atoms with Crippen molar-refractivity contribution in [2.45, 2.75) is 58.5 Å². The minimum atomic E-state index is -0.339. The van der Waals surface area contributed by atoms with Crippen molar-refractivity contribution in [3.05, 3.63) is 29.8 Å². The highest BCUT2D eigenvalue weighted by molar-refractivity contribution is 5.79. The molecule has 3 N–H and O–H groups in total. The Morgan fingerprint density at radius 2 is 1.95 bits per heavy atom. The van der Waals surface area contributed by atoms with E-state index in [1.54, 1.807) is 0 Å². The molecule has 1 amide bonds. The zero-order valence-electron chi connectivity index (χ0n) is 13.4. The van der Waals surface area contributed by atoms with Gasteiger partial charge in [0.05, 0.1) is 12.6 Å². The van der Waals surface area contributed by atoms with Gasteiger partial charge in [-0.2, -0.15) is 0 Å². The van der Waals surface area contributed by atoms with E-state index < -0.39 is 0 Å². The third-order valence-electron chi connectivity index (χ3n) is 3.30. The predicted molar refractivity (Wildman–Crippen MR) is 86.4 cm³/mol. The molecule has 21 heavy (non-hydrogen) atoms. The number of rotatable bonds is 10. The zero-order valence-corrected chi connectivity index (χ0v) is 13.4. The summed E-state index contributed by atoms with van der Waals surface area (Å²) in [6.45, 7) is 6.65. The van der Waals surface area contributed by atoms with E-state index in [-0.39, 0.29) is 18.0 Å². The molecule has 0 saturated heterocycles. The highest BCUT2D eigenvalue weighted by Crippen LogP contribution is 2.14. The van der Waals surface area contributed by atoms with Gasteiger partial charge in [-0.05, 0) is 30.5 Å². The van der Waals surface area contributed by atoms with Gasteiger partial charge in [-0.3, -0.25) is 4.79 Å². The molecule has 0 aliphatic rings. The molecule has 118 valence electrons. The van der Waals surface area contributed by atoms with Gasteiger partial charge in [-0.25, -0.2) is 0 Å². The van der Waals surface area contributed by atoms with Crippen LogP contribution in [0.3, 0.4) is 0 Å². The van der Waals surface area contributed by atoms with Crippen LogP contribution in [0.4, 0.5) is 0 Å². The van der Waals surface area contributed by atoms with Crippen LogP contribution in [0.15, 0.2) is 24.3 Å². The molecule has 0 saturated carbocycles. The van der Waals surface area contributed by atoms with E-state index in [9.17, 15) is 4.79 Å². The monoisotopic (exact) mass is 292 g/mol. The van der Waals surface area contributed by atoms with Gasteiger partial charge in [0.15, 0.2) is 0 Å². The Balaban J connectivity index is 2.38. The number of hydrogen-bond acceptors (Lipinski definition) is 3. The number of nitrogens with one attached hydrogen (secondary N) is 1. The lowest BCUT2D eigenvalue weighted by Crippen LogP contribution is -2.45. The van der Waals surface area contributed by atoms with Gasteiger partial charge < -0.3 is 15.8 Å². The molecule has 0 spiro atoms. The van der Waals surface area contributed by atoms with Crippen molar-refractivity contribution in [3.8, 4) is 5.75 Å². The first-order chi connectivity index (χ1) is 10.0. The van der Waals surface area contributed by atoms with Crippen LogP contribution in [0.25, 0.3) is 0 Å². The molecule has 0 aromatic heterocycles. The highest BCUT2D eigenvalue weighted by atomic mass is 16.5. The smallest absolute Gasteiger partial charge is 0.234 e. The molecule has 1 aromatic rings. The molecule has 0 heterocycles. The molecule has 0 aliphatic carbocycles. The predicted octanol–water partition coefficient (Wildman–Crippen LogP) is 2.65. The summed E-state index contributed by atoms with van der Waals surface area (Å²) in [7, 11) is 0. The molecule has 1 aromatic carbocycles. The van der Waals surface area contributed by atoms with Gasteiger partial charge >= 0.3 is 0 Å². The third kappa shape index (κ3) is 7.14. The summed E-state index contributed by atoms with van der Waals surface area (Å²) < 4.78 is 5.68. The Bertz CT molecular complexity index is 415. The van der Waals surface area contributed by atoms with E-state index in [2.05, 4.69) is 24.4 Å². The molecule has 0 fully saturated rings. The summed E-state index contributed by atoms with van der Waals surface area (Å²) in [6, 6.07) is 8.06. The van der Waals surface area contributed by atoms with E-state index in [1.165, 1.54) is 18.4 Å². The Kier molecular flexibility index (Phi) is 7.83. The number of carbonyl (C=O) groups is 1.